The van der Waals surface area contributed by atoms with Crippen LogP contribution in [0.15, 0.2) is 24.5 Å². The molecule has 0 aromatic carbocycles. The van der Waals surface area contributed by atoms with Crippen molar-refractivity contribution in [1.82, 2.24) is 10.3 Å². The van der Waals surface area contributed by atoms with Gasteiger partial charge in [0.2, 0.25) is 5.91 Å². The second-order valence-electron chi connectivity index (χ2n) is 7.40. The minimum Gasteiger partial charge on any atom is -0.481 e. The van der Waals surface area contributed by atoms with Crippen molar-refractivity contribution < 1.29 is 19.5 Å². The zero-order valence-corrected chi connectivity index (χ0v) is 17.2. The molecule has 2 aromatic heterocycles. The molecule has 1 unspecified atom stereocenters. The number of carboxylic acid groups (broad SMARTS) is 1. The minimum atomic E-state index is -0.922. The molecule has 29 heavy (non-hydrogen) atoms. The van der Waals surface area contributed by atoms with Gasteiger partial charge in [0.25, 0.3) is 5.91 Å². The van der Waals surface area contributed by atoms with Crippen LogP contribution in [0.1, 0.15) is 59.0 Å². The normalized spacial score (nSPS) is 15.4. The number of carboxylic acids is 1. The predicted molar refractivity (Wildman–Crippen MR) is 111 cm³/mol. The van der Waals surface area contributed by atoms with Gasteiger partial charge in [0.1, 0.15) is 5.00 Å². The molecule has 1 atom stereocenters. The number of aliphatic carboxylic acids is 1. The average molecular weight is 416 g/mol. The highest BCUT2D eigenvalue weighted by Gasteiger charge is 2.28. The molecule has 3 N–H and O–H groups in total. The molecule has 0 saturated carbocycles. The Hall–Kier alpha value is -2.74. The molecule has 0 spiro atoms. The van der Waals surface area contributed by atoms with Gasteiger partial charge >= 0.3 is 5.97 Å². The van der Waals surface area contributed by atoms with Gasteiger partial charge in [-0.05, 0) is 48.8 Å². The van der Waals surface area contributed by atoms with E-state index < -0.39 is 5.97 Å². The first-order valence-corrected chi connectivity index (χ1v) is 10.6. The maximum Gasteiger partial charge on any atom is 0.303 e. The second-order valence-corrected chi connectivity index (χ2v) is 8.50. The summed E-state index contributed by atoms with van der Waals surface area (Å²) in [5, 5.41) is 15.1. The van der Waals surface area contributed by atoms with E-state index >= 15 is 0 Å². The molecule has 8 heteroatoms. The van der Waals surface area contributed by atoms with Gasteiger partial charge in [-0.3, -0.25) is 19.4 Å². The van der Waals surface area contributed by atoms with Gasteiger partial charge < -0.3 is 15.7 Å². The van der Waals surface area contributed by atoms with Gasteiger partial charge in [-0.1, -0.05) is 13.0 Å². The molecule has 2 aromatic rings. The third-order valence-corrected chi connectivity index (χ3v) is 6.13. The first kappa shape index (κ1) is 21.0. The van der Waals surface area contributed by atoms with Crippen LogP contribution < -0.4 is 10.6 Å². The fourth-order valence-electron chi connectivity index (χ4n) is 3.44. The Labute approximate surface area is 173 Å². The Morgan fingerprint density at radius 2 is 2.14 bits per heavy atom. The van der Waals surface area contributed by atoms with Crippen LogP contribution in [-0.2, 0) is 29.0 Å². The molecular formula is C21H25N3O4S. The summed E-state index contributed by atoms with van der Waals surface area (Å²) in [4.78, 5) is 41.1. The van der Waals surface area contributed by atoms with Crippen molar-refractivity contribution >= 4 is 34.1 Å². The first-order valence-electron chi connectivity index (χ1n) is 9.77. The molecule has 3 rings (SSSR count). The molecule has 0 fully saturated rings. The Balaban J connectivity index is 1.75. The van der Waals surface area contributed by atoms with Crippen LogP contribution in [0.3, 0.4) is 0 Å². The SMILES string of the molecule is CC1CCc2c(sc(NC(=O)CCCC(=O)O)c2C(=O)NCc2cccnc2)C1. The van der Waals surface area contributed by atoms with Gasteiger partial charge in [0, 0.05) is 36.7 Å². The fourth-order valence-corrected chi connectivity index (χ4v) is 4.87. The summed E-state index contributed by atoms with van der Waals surface area (Å²) >= 11 is 1.46. The van der Waals surface area contributed by atoms with E-state index in [-0.39, 0.29) is 31.1 Å². The Morgan fingerprint density at radius 1 is 1.31 bits per heavy atom. The summed E-state index contributed by atoms with van der Waals surface area (Å²) in [5.41, 5.74) is 2.47. The smallest absolute Gasteiger partial charge is 0.303 e. The molecule has 2 amide bonds. The number of amides is 2. The lowest BCUT2D eigenvalue weighted by Crippen LogP contribution is -2.26. The molecule has 2 heterocycles. The summed E-state index contributed by atoms with van der Waals surface area (Å²) in [6.07, 6.45) is 6.45. The Morgan fingerprint density at radius 3 is 2.86 bits per heavy atom. The van der Waals surface area contributed by atoms with E-state index in [2.05, 4.69) is 22.5 Å². The molecule has 7 nitrogen and oxygen atoms in total. The van der Waals surface area contributed by atoms with Gasteiger partial charge in [-0.25, -0.2) is 0 Å². The van der Waals surface area contributed by atoms with Gasteiger partial charge in [-0.15, -0.1) is 11.3 Å². The lowest BCUT2D eigenvalue weighted by atomic mass is 9.88. The van der Waals surface area contributed by atoms with E-state index in [9.17, 15) is 14.4 Å². The number of nitrogens with zero attached hydrogens (tertiary/aromatic N) is 1. The minimum absolute atomic E-state index is 0.0513. The van der Waals surface area contributed by atoms with Gasteiger partial charge in [0.05, 0.1) is 5.56 Å². The highest BCUT2D eigenvalue weighted by atomic mass is 32.1. The van der Waals surface area contributed by atoms with Crippen molar-refractivity contribution in [1.29, 1.82) is 0 Å². The molecule has 0 aliphatic heterocycles. The number of fused-ring (bicyclic) bond motifs is 1. The quantitative estimate of drug-likeness (QED) is 0.612. The molecule has 0 radical (unpaired) electrons. The van der Waals surface area contributed by atoms with Crippen LogP contribution in [0.4, 0.5) is 5.00 Å². The number of thiophene rings is 1. The summed E-state index contributed by atoms with van der Waals surface area (Å²) in [5.74, 6) is -0.846. The third kappa shape index (κ3) is 5.63. The second kappa shape index (κ2) is 9.65. The third-order valence-electron chi connectivity index (χ3n) is 4.96. The van der Waals surface area contributed by atoms with Crippen LogP contribution >= 0.6 is 11.3 Å². The average Bonchev–Trinajstić information content (AvgIpc) is 3.03. The number of carbonyl (C=O) groups excluding carboxylic acids is 2. The standard InChI is InChI=1S/C21H25N3O4S/c1-13-7-8-15-16(10-13)29-21(24-17(25)5-2-6-18(26)27)19(15)20(28)23-12-14-4-3-9-22-11-14/h3-4,9,11,13H,2,5-8,10,12H2,1H3,(H,23,28)(H,24,25)(H,26,27). The van der Waals surface area contributed by atoms with E-state index in [0.29, 0.717) is 23.0 Å². The summed E-state index contributed by atoms with van der Waals surface area (Å²) in [7, 11) is 0. The van der Waals surface area contributed by atoms with Gasteiger partial charge in [-0.2, -0.15) is 0 Å². The number of rotatable bonds is 8. The van der Waals surface area contributed by atoms with Crippen LogP contribution in [0.25, 0.3) is 0 Å². The van der Waals surface area contributed by atoms with Gasteiger partial charge in [0.15, 0.2) is 0 Å². The molecular weight excluding hydrogens is 390 g/mol. The van der Waals surface area contributed by atoms with Crippen molar-refractivity contribution in [2.45, 2.75) is 52.0 Å². The number of hydrogen-bond acceptors (Lipinski definition) is 5. The number of nitrogens with one attached hydrogen (secondary N) is 2. The Bertz CT molecular complexity index is 895. The molecule has 0 bridgehead atoms. The molecule has 154 valence electrons. The monoisotopic (exact) mass is 415 g/mol. The summed E-state index contributed by atoms with van der Waals surface area (Å²) < 4.78 is 0. The Kier molecular flexibility index (Phi) is 6.98. The predicted octanol–water partition coefficient (Wildman–Crippen LogP) is 3.39. The highest BCUT2D eigenvalue weighted by Crippen LogP contribution is 2.39. The van der Waals surface area contributed by atoms with E-state index in [0.717, 1.165) is 35.3 Å². The maximum atomic E-state index is 13.0. The first-order chi connectivity index (χ1) is 13.9. The molecule has 1 aliphatic carbocycles. The van der Waals surface area contributed by atoms with Crippen LogP contribution in [0.5, 0.6) is 0 Å². The van der Waals surface area contributed by atoms with E-state index in [1.54, 1.807) is 12.4 Å². The number of pyridine rings is 1. The topological polar surface area (TPSA) is 108 Å². The zero-order valence-electron chi connectivity index (χ0n) is 16.4. The largest absolute Gasteiger partial charge is 0.481 e. The fraction of sp³-hybridized carbons (Fsp3) is 0.429. The number of carbonyl (C=O) groups is 3. The summed E-state index contributed by atoms with van der Waals surface area (Å²) in [6, 6.07) is 3.71. The van der Waals surface area contributed by atoms with Crippen molar-refractivity contribution in [2.75, 3.05) is 5.32 Å². The maximum absolute atomic E-state index is 13.0. The van der Waals surface area contributed by atoms with Crippen molar-refractivity contribution in [3.05, 3.63) is 46.1 Å². The molecule has 0 saturated heterocycles. The zero-order chi connectivity index (χ0) is 20.8. The molecule has 1 aliphatic rings. The van der Waals surface area contributed by atoms with Crippen LogP contribution in [0, 0.1) is 5.92 Å². The lowest BCUT2D eigenvalue weighted by Gasteiger charge is -2.18. The number of anilines is 1. The van der Waals surface area contributed by atoms with E-state index in [1.807, 2.05) is 12.1 Å². The van der Waals surface area contributed by atoms with Crippen molar-refractivity contribution in [3.63, 3.8) is 0 Å². The van der Waals surface area contributed by atoms with E-state index in [1.165, 1.54) is 11.3 Å². The van der Waals surface area contributed by atoms with Crippen molar-refractivity contribution in [3.8, 4) is 0 Å². The number of aromatic nitrogens is 1. The van der Waals surface area contributed by atoms with Crippen LogP contribution in [0.2, 0.25) is 0 Å². The van der Waals surface area contributed by atoms with E-state index in [4.69, 9.17) is 5.11 Å². The number of hydrogen-bond donors (Lipinski definition) is 3. The highest BCUT2D eigenvalue weighted by molar-refractivity contribution is 7.17. The van der Waals surface area contributed by atoms with Crippen LogP contribution in [-0.4, -0.2) is 27.9 Å². The summed E-state index contributed by atoms with van der Waals surface area (Å²) in [6.45, 7) is 2.55. The van der Waals surface area contributed by atoms with Crippen molar-refractivity contribution in [2.24, 2.45) is 5.92 Å². The lowest BCUT2D eigenvalue weighted by molar-refractivity contribution is -0.137.